The van der Waals surface area contributed by atoms with Crippen LogP contribution in [0.4, 0.5) is 0 Å². The smallest absolute Gasteiger partial charge is 0.338 e. The number of benzene rings is 1. The van der Waals surface area contributed by atoms with Crippen molar-refractivity contribution in [1.29, 1.82) is 0 Å². The zero-order valence-electron chi connectivity index (χ0n) is 18.2. The quantitative estimate of drug-likeness (QED) is 0.292. The maximum Gasteiger partial charge on any atom is 0.338 e. The van der Waals surface area contributed by atoms with Gasteiger partial charge in [0.1, 0.15) is 12.3 Å². The molecule has 0 aliphatic heterocycles. The Morgan fingerprint density at radius 1 is 1.17 bits per heavy atom. The van der Waals surface area contributed by atoms with Gasteiger partial charge in [-0.3, -0.25) is 0 Å². The standard InChI is InChI=1S/C21H32N4O2S2/c1-20(2,16-21(3,4)29-28-13-12-24(5)6)25-14-18(22-23-25)15-27-19(26)17-10-8-7-9-11-17/h7-11,14H,12-13,15-16H2,1-6H3. The van der Waals surface area contributed by atoms with Crippen LogP contribution in [0.3, 0.4) is 0 Å². The first-order valence-corrected chi connectivity index (χ1v) is 12.0. The Labute approximate surface area is 182 Å². The third-order valence-electron chi connectivity index (χ3n) is 4.29. The fourth-order valence-electron chi connectivity index (χ4n) is 3.03. The van der Waals surface area contributed by atoms with E-state index in [9.17, 15) is 4.79 Å². The number of hydrogen-bond donors (Lipinski definition) is 0. The van der Waals surface area contributed by atoms with Gasteiger partial charge in [-0.15, -0.1) is 5.10 Å². The van der Waals surface area contributed by atoms with Crippen molar-refractivity contribution < 1.29 is 9.53 Å². The van der Waals surface area contributed by atoms with Gasteiger partial charge >= 0.3 is 5.97 Å². The molecule has 29 heavy (non-hydrogen) atoms. The van der Waals surface area contributed by atoms with E-state index in [0.717, 1.165) is 18.7 Å². The van der Waals surface area contributed by atoms with Crippen molar-refractivity contribution in [2.75, 3.05) is 26.4 Å². The zero-order valence-corrected chi connectivity index (χ0v) is 19.8. The molecule has 0 saturated heterocycles. The highest BCUT2D eigenvalue weighted by atomic mass is 33.1. The van der Waals surface area contributed by atoms with Gasteiger partial charge < -0.3 is 9.64 Å². The van der Waals surface area contributed by atoms with E-state index < -0.39 is 0 Å². The first-order chi connectivity index (χ1) is 13.6. The maximum atomic E-state index is 12.1. The van der Waals surface area contributed by atoms with Crippen molar-refractivity contribution in [1.82, 2.24) is 19.9 Å². The highest BCUT2D eigenvalue weighted by molar-refractivity contribution is 8.77. The molecule has 2 aromatic rings. The molecule has 8 heteroatoms. The van der Waals surface area contributed by atoms with Crippen LogP contribution >= 0.6 is 21.6 Å². The lowest BCUT2D eigenvalue weighted by Gasteiger charge is -2.34. The number of ether oxygens (including phenoxy) is 1. The van der Waals surface area contributed by atoms with Gasteiger partial charge in [0.2, 0.25) is 0 Å². The van der Waals surface area contributed by atoms with Crippen molar-refractivity contribution >= 4 is 27.6 Å². The van der Waals surface area contributed by atoms with Gasteiger partial charge in [-0.25, -0.2) is 9.48 Å². The summed E-state index contributed by atoms with van der Waals surface area (Å²) in [6.45, 7) is 10.0. The molecule has 2 rings (SSSR count). The van der Waals surface area contributed by atoms with E-state index in [1.807, 2.05) is 50.7 Å². The molecule has 0 aliphatic rings. The van der Waals surface area contributed by atoms with Crippen LogP contribution in [-0.2, 0) is 16.9 Å². The highest BCUT2D eigenvalue weighted by Gasteiger charge is 2.32. The van der Waals surface area contributed by atoms with Crippen LogP contribution in [0.15, 0.2) is 36.5 Å². The van der Waals surface area contributed by atoms with Gasteiger partial charge in [-0.2, -0.15) is 0 Å². The summed E-state index contributed by atoms with van der Waals surface area (Å²) in [5, 5.41) is 8.49. The van der Waals surface area contributed by atoms with Gasteiger partial charge in [0.25, 0.3) is 0 Å². The summed E-state index contributed by atoms with van der Waals surface area (Å²) in [6.07, 6.45) is 2.81. The summed E-state index contributed by atoms with van der Waals surface area (Å²) in [6, 6.07) is 8.96. The lowest BCUT2D eigenvalue weighted by Crippen LogP contribution is -2.34. The van der Waals surface area contributed by atoms with Gasteiger partial charge in [0.15, 0.2) is 0 Å². The molecule has 0 unspecified atom stereocenters. The van der Waals surface area contributed by atoms with Crippen molar-refractivity contribution in [3.8, 4) is 0 Å². The van der Waals surface area contributed by atoms with Crippen LogP contribution in [0, 0.1) is 0 Å². The molecule has 160 valence electrons. The Bertz CT molecular complexity index is 776. The number of esters is 1. The zero-order chi connectivity index (χ0) is 21.5. The van der Waals surface area contributed by atoms with Crippen LogP contribution in [0.25, 0.3) is 0 Å². The monoisotopic (exact) mass is 436 g/mol. The normalized spacial score (nSPS) is 12.4. The van der Waals surface area contributed by atoms with Gasteiger partial charge in [0.05, 0.1) is 17.3 Å². The largest absolute Gasteiger partial charge is 0.455 e. The fraction of sp³-hybridized carbons (Fsp3) is 0.571. The van der Waals surface area contributed by atoms with Crippen LogP contribution in [0.5, 0.6) is 0 Å². The van der Waals surface area contributed by atoms with Crippen molar-refractivity contribution in [2.45, 2.75) is 51.0 Å². The second-order valence-electron chi connectivity index (χ2n) is 8.55. The van der Waals surface area contributed by atoms with Crippen molar-refractivity contribution in [3.05, 3.63) is 47.8 Å². The number of rotatable bonds is 11. The fourth-order valence-corrected chi connectivity index (χ4v) is 5.89. The Kier molecular flexibility index (Phi) is 8.60. The molecular formula is C21H32N4O2S2. The van der Waals surface area contributed by atoms with Gasteiger partial charge in [0, 0.05) is 17.0 Å². The Morgan fingerprint density at radius 3 is 2.52 bits per heavy atom. The first kappa shape index (κ1) is 23.8. The molecule has 0 saturated carbocycles. The minimum Gasteiger partial charge on any atom is -0.455 e. The van der Waals surface area contributed by atoms with Crippen LogP contribution < -0.4 is 0 Å². The lowest BCUT2D eigenvalue weighted by molar-refractivity contribution is 0.0467. The highest BCUT2D eigenvalue weighted by Crippen LogP contribution is 2.42. The molecule has 0 N–H and O–H groups in total. The van der Waals surface area contributed by atoms with E-state index in [2.05, 4.69) is 57.0 Å². The first-order valence-electron chi connectivity index (χ1n) is 9.68. The summed E-state index contributed by atoms with van der Waals surface area (Å²) in [7, 11) is 8.02. The minimum atomic E-state index is -0.355. The minimum absolute atomic E-state index is 0.0897. The third kappa shape index (κ3) is 8.03. The van der Waals surface area contributed by atoms with E-state index in [4.69, 9.17) is 4.74 Å². The van der Waals surface area contributed by atoms with E-state index >= 15 is 0 Å². The topological polar surface area (TPSA) is 60.2 Å². The van der Waals surface area contributed by atoms with E-state index in [1.54, 1.807) is 12.1 Å². The van der Waals surface area contributed by atoms with Gasteiger partial charge in [-0.1, -0.05) is 45.0 Å². The second-order valence-corrected chi connectivity index (χ2v) is 11.7. The molecule has 0 aliphatic carbocycles. The number of carbonyl (C=O) groups is 1. The summed E-state index contributed by atoms with van der Waals surface area (Å²) >= 11 is 0. The summed E-state index contributed by atoms with van der Waals surface area (Å²) in [4.78, 5) is 14.3. The average molecular weight is 437 g/mol. The SMILES string of the molecule is CN(C)CCSSC(C)(C)CC(C)(C)n1cc(COC(=O)c2ccccc2)nn1. The summed E-state index contributed by atoms with van der Waals surface area (Å²) in [5.74, 6) is 0.744. The number of carbonyl (C=O) groups excluding carboxylic acids is 1. The van der Waals surface area contributed by atoms with Gasteiger partial charge in [-0.05, 0) is 60.3 Å². The lowest BCUT2D eigenvalue weighted by atomic mass is 9.92. The predicted octanol–water partition coefficient (Wildman–Crippen LogP) is 4.48. The molecule has 0 bridgehead atoms. The molecule has 0 spiro atoms. The third-order valence-corrected chi connectivity index (χ3v) is 7.56. The Hall–Kier alpha value is -1.51. The average Bonchev–Trinajstić information content (AvgIpc) is 3.13. The van der Waals surface area contributed by atoms with Crippen LogP contribution in [-0.4, -0.2) is 57.0 Å². The van der Waals surface area contributed by atoms with E-state index in [1.165, 1.54) is 0 Å². The Morgan fingerprint density at radius 2 is 1.86 bits per heavy atom. The molecule has 1 aromatic heterocycles. The molecule has 0 fully saturated rings. The summed E-state index contributed by atoms with van der Waals surface area (Å²) < 4.78 is 7.33. The maximum absolute atomic E-state index is 12.1. The molecule has 1 aromatic carbocycles. The Balaban J connectivity index is 1.89. The van der Waals surface area contributed by atoms with Crippen molar-refractivity contribution in [2.24, 2.45) is 0 Å². The van der Waals surface area contributed by atoms with E-state index in [0.29, 0.717) is 11.3 Å². The molecule has 0 radical (unpaired) electrons. The molecule has 0 atom stereocenters. The van der Waals surface area contributed by atoms with Crippen LogP contribution in [0.1, 0.15) is 50.2 Å². The summed E-state index contributed by atoms with van der Waals surface area (Å²) in [5.41, 5.74) is 0.978. The number of hydrogen-bond acceptors (Lipinski definition) is 7. The second kappa shape index (κ2) is 10.5. The molecule has 6 nitrogen and oxygen atoms in total. The molecule has 0 amide bonds. The van der Waals surface area contributed by atoms with E-state index in [-0.39, 0.29) is 22.9 Å². The van der Waals surface area contributed by atoms with Crippen LogP contribution in [0.2, 0.25) is 0 Å². The number of aromatic nitrogens is 3. The molecular weight excluding hydrogens is 404 g/mol. The predicted molar refractivity (Wildman–Crippen MR) is 122 cm³/mol. The number of nitrogens with zero attached hydrogens (tertiary/aromatic N) is 4. The van der Waals surface area contributed by atoms with Crippen molar-refractivity contribution in [3.63, 3.8) is 0 Å². The molecule has 1 heterocycles.